The third-order valence-electron chi connectivity index (χ3n) is 5.11. The van der Waals surface area contributed by atoms with Gasteiger partial charge in [0, 0.05) is 23.3 Å². The van der Waals surface area contributed by atoms with Gasteiger partial charge in [-0.1, -0.05) is 0 Å². The molecule has 0 bridgehead atoms. The van der Waals surface area contributed by atoms with Crippen LogP contribution < -0.4 is 30.4 Å². The van der Waals surface area contributed by atoms with Crippen molar-refractivity contribution in [3.05, 3.63) is 96.1 Å². The Kier molecular flexibility index (Phi) is 6.54. The van der Waals surface area contributed by atoms with Gasteiger partial charge in [-0.15, -0.1) is 0 Å². The SMILES string of the molecule is COc1cc(Oc2ccc(C(=O)c3ccc(Oc4ccc(N)c(OC)c4)cc3)cc2)ccc1N. The summed E-state index contributed by atoms with van der Waals surface area (Å²) in [6.45, 7) is 0. The van der Waals surface area contributed by atoms with Crippen molar-refractivity contribution in [3.8, 4) is 34.5 Å². The van der Waals surface area contributed by atoms with E-state index in [0.717, 1.165) is 0 Å². The smallest absolute Gasteiger partial charge is 0.193 e. The Morgan fingerprint density at radius 1 is 0.559 bits per heavy atom. The van der Waals surface area contributed by atoms with Crippen LogP contribution in [-0.4, -0.2) is 20.0 Å². The molecule has 4 aromatic carbocycles. The summed E-state index contributed by atoms with van der Waals surface area (Å²) in [5, 5.41) is 0. The van der Waals surface area contributed by atoms with E-state index in [2.05, 4.69) is 0 Å². The molecule has 0 amide bonds. The van der Waals surface area contributed by atoms with Crippen molar-refractivity contribution in [1.82, 2.24) is 0 Å². The summed E-state index contributed by atoms with van der Waals surface area (Å²) in [6.07, 6.45) is 0. The van der Waals surface area contributed by atoms with Gasteiger partial charge in [-0.05, 0) is 72.8 Å². The van der Waals surface area contributed by atoms with Gasteiger partial charge in [0.25, 0.3) is 0 Å². The van der Waals surface area contributed by atoms with Crippen molar-refractivity contribution in [1.29, 1.82) is 0 Å². The first-order valence-corrected chi connectivity index (χ1v) is 10.4. The summed E-state index contributed by atoms with van der Waals surface area (Å²) >= 11 is 0. The number of benzene rings is 4. The van der Waals surface area contributed by atoms with Crippen LogP contribution in [0, 0.1) is 0 Å². The highest BCUT2D eigenvalue weighted by Crippen LogP contribution is 2.31. The number of hydrogen-bond donors (Lipinski definition) is 2. The molecular formula is C27H24N2O5. The average Bonchev–Trinajstić information content (AvgIpc) is 2.87. The number of anilines is 2. The van der Waals surface area contributed by atoms with E-state index in [4.69, 9.17) is 30.4 Å². The molecule has 0 aliphatic carbocycles. The number of carbonyl (C=O) groups excluding carboxylic acids is 1. The third-order valence-corrected chi connectivity index (χ3v) is 5.11. The number of ether oxygens (including phenoxy) is 4. The molecule has 172 valence electrons. The molecule has 4 N–H and O–H groups in total. The number of rotatable bonds is 8. The molecule has 0 heterocycles. The predicted molar refractivity (Wildman–Crippen MR) is 131 cm³/mol. The molecule has 4 aromatic rings. The maximum atomic E-state index is 12.9. The largest absolute Gasteiger partial charge is 0.494 e. The number of methoxy groups -OCH3 is 2. The minimum absolute atomic E-state index is 0.110. The van der Waals surface area contributed by atoms with E-state index in [0.29, 0.717) is 57.0 Å². The second-order valence-electron chi connectivity index (χ2n) is 7.39. The van der Waals surface area contributed by atoms with Crippen LogP contribution in [0.1, 0.15) is 15.9 Å². The average molecular weight is 456 g/mol. The zero-order valence-electron chi connectivity index (χ0n) is 18.8. The molecule has 0 fully saturated rings. The molecule has 7 nitrogen and oxygen atoms in total. The van der Waals surface area contributed by atoms with Crippen molar-refractivity contribution < 1.29 is 23.7 Å². The summed E-state index contributed by atoms with van der Waals surface area (Å²) in [7, 11) is 3.09. The van der Waals surface area contributed by atoms with Crippen LogP contribution in [0.5, 0.6) is 34.5 Å². The molecule has 4 rings (SSSR count). The second kappa shape index (κ2) is 9.87. The quantitative estimate of drug-likeness (QED) is 0.259. The van der Waals surface area contributed by atoms with Crippen LogP contribution in [0.3, 0.4) is 0 Å². The van der Waals surface area contributed by atoms with Gasteiger partial charge in [-0.3, -0.25) is 4.79 Å². The molecule has 0 aliphatic heterocycles. The zero-order chi connectivity index (χ0) is 24.1. The second-order valence-corrected chi connectivity index (χ2v) is 7.39. The first-order chi connectivity index (χ1) is 16.5. The van der Waals surface area contributed by atoms with Crippen LogP contribution >= 0.6 is 0 Å². The predicted octanol–water partition coefficient (Wildman–Crippen LogP) is 5.68. The number of nitrogens with two attached hydrogens (primary N) is 2. The number of nitrogen functional groups attached to an aromatic ring is 2. The normalized spacial score (nSPS) is 10.4. The topological polar surface area (TPSA) is 106 Å². The minimum atomic E-state index is -0.110. The first kappa shape index (κ1) is 22.5. The highest BCUT2D eigenvalue weighted by Gasteiger charge is 2.11. The number of ketones is 1. The standard InChI is InChI=1S/C27H24N2O5/c1-31-25-15-21(11-13-23(25)28)33-19-7-3-17(4-8-19)27(30)18-5-9-20(10-6-18)34-22-12-14-24(29)26(16-22)32-2/h3-16H,28-29H2,1-2H3. The fourth-order valence-electron chi connectivity index (χ4n) is 3.30. The lowest BCUT2D eigenvalue weighted by Gasteiger charge is -2.10. The van der Waals surface area contributed by atoms with Crippen LogP contribution in [-0.2, 0) is 0 Å². The molecule has 34 heavy (non-hydrogen) atoms. The molecule has 0 atom stereocenters. The van der Waals surface area contributed by atoms with Gasteiger partial charge in [0.2, 0.25) is 0 Å². The molecule has 0 aromatic heterocycles. The summed E-state index contributed by atoms with van der Waals surface area (Å²) in [6, 6.07) is 24.2. The Hall–Kier alpha value is -4.65. The van der Waals surface area contributed by atoms with Gasteiger partial charge in [0.1, 0.15) is 34.5 Å². The van der Waals surface area contributed by atoms with Gasteiger partial charge in [-0.25, -0.2) is 0 Å². The van der Waals surface area contributed by atoms with Crippen molar-refractivity contribution in [3.63, 3.8) is 0 Å². The fraction of sp³-hybridized carbons (Fsp3) is 0.0741. The van der Waals surface area contributed by atoms with E-state index in [1.807, 2.05) is 0 Å². The molecule has 0 saturated carbocycles. The van der Waals surface area contributed by atoms with Crippen LogP contribution in [0.25, 0.3) is 0 Å². The molecule has 0 unspecified atom stereocenters. The summed E-state index contributed by atoms with van der Waals surface area (Å²) in [5.74, 6) is 3.30. The Bertz CT molecular complexity index is 1200. The lowest BCUT2D eigenvalue weighted by molar-refractivity contribution is 0.103. The van der Waals surface area contributed by atoms with E-state index in [9.17, 15) is 4.79 Å². The molecule has 7 heteroatoms. The number of carbonyl (C=O) groups is 1. The Morgan fingerprint density at radius 2 is 0.912 bits per heavy atom. The van der Waals surface area contributed by atoms with E-state index >= 15 is 0 Å². The van der Waals surface area contributed by atoms with E-state index in [1.165, 1.54) is 0 Å². The Balaban J connectivity index is 1.42. The van der Waals surface area contributed by atoms with Gasteiger partial charge >= 0.3 is 0 Å². The Morgan fingerprint density at radius 3 is 1.26 bits per heavy atom. The molecule has 0 saturated heterocycles. The van der Waals surface area contributed by atoms with Crippen molar-refractivity contribution >= 4 is 17.2 Å². The van der Waals surface area contributed by atoms with Crippen LogP contribution in [0.15, 0.2) is 84.9 Å². The van der Waals surface area contributed by atoms with Gasteiger partial charge in [-0.2, -0.15) is 0 Å². The van der Waals surface area contributed by atoms with Gasteiger partial charge < -0.3 is 30.4 Å². The highest BCUT2D eigenvalue weighted by atomic mass is 16.5. The van der Waals surface area contributed by atoms with E-state index in [-0.39, 0.29) is 5.78 Å². The lowest BCUT2D eigenvalue weighted by atomic mass is 10.0. The molecular weight excluding hydrogens is 432 g/mol. The molecule has 0 aliphatic rings. The fourth-order valence-corrected chi connectivity index (χ4v) is 3.30. The summed E-state index contributed by atoms with van der Waals surface area (Å²) < 4.78 is 22.1. The molecule has 0 radical (unpaired) electrons. The van der Waals surface area contributed by atoms with E-state index in [1.54, 1.807) is 99.1 Å². The van der Waals surface area contributed by atoms with Gasteiger partial charge in [0.15, 0.2) is 5.78 Å². The van der Waals surface area contributed by atoms with Crippen LogP contribution in [0.2, 0.25) is 0 Å². The minimum Gasteiger partial charge on any atom is -0.494 e. The summed E-state index contributed by atoms with van der Waals surface area (Å²) in [4.78, 5) is 12.9. The van der Waals surface area contributed by atoms with Crippen molar-refractivity contribution in [2.45, 2.75) is 0 Å². The zero-order valence-corrected chi connectivity index (χ0v) is 18.8. The Labute approximate surface area is 197 Å². The van der Waals surface area contributed by atoms with Crippen molar-refractivity contribution in [2.75, 3.05) is 25.7 Å². The maximum Gasteiger partial charge on any atom is 0.193 e. The molecule has 0 spiro atoms. The summed E-state index contributed by atoms with van der Waals surface area (Å²) in [5.41, 5.74) is 13.8. The maximum absolute atomic E-state index is 12.9. The van der Waals surface area contributed by atoms with Crippen LogP contribution in [0.4, 0.5) is 11.4 Å². The first-order valence-electron chi connectivity index (χ1n) is 10.4. The van der Waals surface area contributed by atoms with Gasteiger partial charge in [0.05, 0.1) is 25.6 Å². The number of hydrogen-bond acceptors (Lipinski definition) is 7. The monoisotopic (exact) mass is 456 g/mol. The van der Waals surface area contributed by atoms with E-state index < -0.39 is 0 Å². The highest BCUT2D eigenvalue weighted by molar-refractivity contribution is 6.09. The lowest BCUT2D eigenvalue weighted by Crippen LogP contribution is -2.01. The van der Waals surface area contributed by atoms with Crippen molar-refractivity contribution in [2.24, 2.45) is 0 Å². The third kappa shape index (κ3) is 5.05.